The summed E-state index contributed by atoms with van der Waals surface area (Å²) in [4.78, 5) is 35.8. The van der Waals surface area contributed by atoms with Gasteiger partial charge in [-0.3, -0.25) is 14.2 Å². The van der Waals surface area contributed by atoms with E-state index >= 15 is 0 Å². The van der Waals surface area contributed by atoms with Crippen molar-refractivity contribution in [3.8, 4) is 11.5 Å². The number of thiazole rings is 1. The Morgan fingerprint density at radius 1 is 1.00 bits per heavy atom. The second-order valence-electron chi connectivity index (χ2n) is 11.0. The molecule has 1 atom stereocenters. The normalized spacial score (nSPS) is 14.6. The molecule has 0 saturated carbocycles. The van der Waals surface area contributed by atoms with E-state index < -0.39 is 6.04 Å². The molecule has 240 valence electrons. The van der Waals surface area contributed by atoms with Crippen molar-refractivity contribution < 1.29 is 14.3 Å². The van der Waals surface area contributed by atoms with Crippen LogP contribution in [-0.2, 0) is 11.4 Å². The molecule has 7 nitrogen and oxygen atoms in total. The lowest BCUT2D eigenvalue weighted by Crippen LogP contribution is -2.43. The summed E-state index contributed by atoms with van der Waals surface area (Å²) in [6, 6.07) is 23.8. The van der Waals surface area contributed by atoms with E-state index in [2.05, 4.69) is 0 Å². The van der Waals surface area contributed by atoms with Gasteiger partial charge in [0.05, 0.1) is 22.9 Å². The molecule has 1 aromatic heterocycles. The molecule has 6 rings (SSSR count). The van der Waals surface area contributed by atoms with Gasteiger partial charge < -0.3 is 14.4 Å². The number of halogens is 2. The zero-order valence-corrected chi connectivity index (χ0v) is 28.7. The number of nitrogens with zero attached hydrogens (tertiary/aromatic N) is 3. The number of carbonyl (C=O) groups excluding carboxylic acids is 1. The van der Waals surface area contributed by atoms with Gasteiger partial charge in [-0.25, -0.2) is 4.99 Å². The molecule has 0 unspecified atom stereocenters. The molecule has 0 fully saturated rings. The number of methoxy groups -OCH3 is 1. The van der Waals surface area contributed by atoms with Gasteiger partial charge in [-0.1, -0.05) is 89.1 Å². The lowest BCUT2D eigenvalue weighted by Gasteiger charge is -2.30. The first-order chi connectivity index (χ1) is 22.7. The molecule has 1 aliphatic rings. The molecule has 0 bridgehead atoms. The number of rotatable bonds is 9. The number of benzene rings is 4. The first-order valence-electron chi connectivity index (χ1n) is 15.3. The summed E-state index contributed by atoms with van der Waals surface area (Å²) in [6.45, 7) is 6.99. The first kappa shape index (κ1) is 32.6. The average molecular weight is 687 g/mol. The summed E-state index contributed by atoms with van der Waals surface area (Å²) in [7, 11) is 1.61. The van der Waals surface area contributed by atoms with Crippen molar-refractivity contribution in [3.63, 3.8) is 0 Å². The Labute approximate surface area is 286 Å². The fourth-order valence-electron chi connectivity index (χ4n) is 5.95. The fraction of sp³-hybridized carbons (Fsp3) is 0.216. The number of hydrogen-bond acceptors (Lipinski definition) is 6. The third-order valence-electron chi connectivity index (χ3n) is 8.33. The minimum absolute atomic E-state index is 0.162. The number of carbonyl (C=O) groups is 1. The monoisotopic (exact) mass is 685 g/mol. The Hall–Kier alpha value is -4.37. The maximum absolute atomic E-state index is 14.5. The van der Waals surface area contributed by atoms with Crippen molar-refractivity contribution >= 4 is 57.3 Å². The van der Waals surface area contributed by atoms with Gasteiger partial charge in [-0.15, -0.1) is 0 Å². The quantitative estimate of drug-likeness (QED) is 0.165. The van der Waals surface area contributed by atoms with E-state index in [1.165, 1.54) is 11.3 Å². The van der Waals surface area contributed by atoms with Crippen LogP contribution in [-0.4, -0.2) is 35.6 Å². The van der Waals surface area contributed by atoms with Gasteiger partial charge in [0.1, 0.15) is 24.1 Å². The first-order valence-corrected chi connectivity index (χ1v) is 16.9. The summed E-state index contributed by atoms with van der Waals surface area (Å²) in [6.07, 6.45) is 1.81. The Balaban J connectivity index is 1.53. The highest BCUT2D eigenvalue weighted by atomic mass is 35.5. The van der Waals surface area contributed by atoms with Gasteiger partial charge in [0.2, 0.25) is 0 Å². The number of aromatic nitrogens is 1. The molecule has 0 N–H and O–H groups in total. The molecule has 0 spiro atoms. The van der Waals surface area contributed by atoms with Crippen LogP contribution >= 0.6 is 34.5 Å². The third kappa shape index (κ3) is 6.21. The fourth-order valence-corrected chi connectivity index (χ4v) is 7.45. The van der Waals surface area contributed by atoms with E-state index in [-0.39, 0.29) is 18.1 Å². The number of amides is 1. The predicted molar refractivity (Wildman–Crippen MR) is 189 cm³/mol. The molecule has 2 heterocycles. The van der Waals surface area contributed by atoms with Gasteiger partial charge >= 0.3 is 0 Å². The summed E-state index contributed by atoms with van der Waals surface area (Å²) >= 11 is 13.7. The zero-order valence-electron chi connectivity index (χ0n) is 26.4. The van der Waals surface area contributed by atoms with Gasteiger partial charge in [0, 0.05) is 39.8 Å². The van der Waals surface area contributed by atoms with E-state index in [1.807, 2.05) is 93.6 Å². The second-order valence-corrected chi connectivity index (χ2v) is 12.9. The molecule has 4 aromatic carbocycles. The van der Waals surface area contributed by atoms with Crippen molar-refractivity contribution in [3.05, 3.63) is 137 Å². The summed E-state index contributed by atoms with van der Waals surface area (Å²) < 4.78 is 14.2. The van der Waals surface area contributed by atoms with E-state index in [0.717, 1.165) is 27.5 Å². The smallest absolute Gasteiger partial charge is 0.271 e. The predicted octanol–water partition coefficient (Wildman–Crippen LogP) is 7.15. The highest BCUT2D eigenvalue weighted by Gasteiger charge is 2.36. The van der Waals surface area contributed by atoms with Crippen LogP contribution in [0, 0.1) is 0 Å². The Morgan fingerprint density at radius 2 is 1.74 bits per heavy atom. The van der Waals surface area contributed by atoms with Crippen LogP contribution in [0.4, 0.5) is 0 Å². The number of likely N-dealkylation sites (N-methyl/N-ethyl adjacent to an activating group) is 1. The molecule has 10 heteroatoms. The van der Waals surface area contributed by atoms with Crippen LogP contribution in [0.1, 0.15) is 43.5 Å². The van der Waals surface area contributed by atoms with Crippen molar-refractivity contribution in [1.82, 2.24) is 9.47 Å². The minimum Gasteiger partial charge on any atom is -0.496 e. The maximum Gasteiger partial charge on any atom is 0.271 e. The molecular formula is C37H33Cl2N3O4S. The molecule has 5 aromatic rings. The standard InChI is InChI=1S/C37H33Cl2N3O4S/c1-5-41(6-2)36(44)32-22(3)40-37-42(34(32)33-27-13-9-7-11-23(27)16-18-30(33)45-4)35(43)31(47-37)19-24-12-8-10-14-29(24)46-21-25-15-17-26(38)20-28(25)39/h7-20,34H,5-6,21H2,1-4H3/b31-19+/t34-/m1/s1. The van der Waals surface area contributed by atoms with Crippen LogP contribution in [0.3, 0.4) is 0 Å². The number of ether oxygens (including phenoxy) is 2. The van der Waals surface area contributed by atoms with Crippen molar-refractivity contribution in [2.24, 2.45) is 4.99 Å². The molecule has 0 radical (unpaired) electrons. The number of fused-ring (bicyclic) bond motifs is 2. The summed E-state index contributed by atoms with van der Waals surface area (Å²) in [5.41, 5.74) is 3.00. The van der Waals surface area contributed by atoms with Crippen molar-refractivity contribution in [1.29, 1.82) is 0 Å². The van der Waals surface area contributed by atoms with Crippen molar-refractivity contribution in [2.75, 3.05) is 20.2 Å². The van der Waals surface area contributed by atoms with E-state index in [9.17, 15) is 9.59 Å². The van der Waals surface area contributed by atoms with Crippen LogP contribution in [0.5, 0.6) is 11.5 Å². The highest BCUT2D eigenvalue weighted by molar-refractivity contribution is 7.07. The zero-order chi connectivity index (χ0) is 33.2. The average Bonchev–Trinajstić information content (AvgIpc) is 3.37. The molecule has 0 saturated heterocycles. The van der Waals surface area contributed by atoms with Gasteiger partial charge in [-0.05, 0) is 61.9 Å². The SMILES string of the molecule is CCN(CC)C(=O)C1=C(C)N=c2s/c(=C/c3ccccc3OCc3ccc(Cl)cc3Cl)c(=O)n2[C@H]1c1c(OC)ccc2ccccc12. The second kappa shape index (κ2) is 13.8. The van der Waals surface area contributed by atoms with Crippen LogP contribution in [0.15, 0.2) is 99.9 Å². The molecule has 1 amide bonds. The number of hydrogen-bond donors (Lipinski definition) is 0. The van der Waals surface area contributed by atoms with Crippen LogP contribution < -0.4 is 24.4 Å². The lowest BCUT2D eigenvalue weighted by atomic mass is 9.90. The van der Waals surface area contributed by atoms with Gasteiger partial charge in [-0.2, -0.15) is 0 Å². The summed E-state index contributed by atoms with van der Waals surface area (Å²) in [5, 5.41) is 2.93. The molecule has 1 aliphatic heterocycles. The molecule has 0 aliphatic carbocycles. The van der Waals surface area contributed by atoms with E-state index in [1.54, 1.807) is 28.7 Å². The van der Waals surface area contributed by atoms with Crippen molar-refractivity contribution in [2.45, 2.75) is 33.4 Å². The maximum atomic E-state index is 14.5. The van der Waals surface area contributed by atoms with Gasteiger partial charge in [0.25, 0.3) is 11.5 Å². The van der Waals surface area contributed by atoms with Gasteiger partial charge in [0.15, 0.2) is 4.80 Å². The van der Waals surface area contributed by atoms with Crippen LogP contribution in [0.2, 0.25) is 10.0 Å². The minimum atomic E-state index is -0.763. The molecule has 47 heavy (non-hydrogen) atoms. The lowest BCUT2D eigenvalue weighted by molar-refractivity contribution is -0.127. The largest absolute Gasteiger partial charge is 0.496 e. The van der Waals surface area contributed by atoms with E-state index in [0.29, 0.717) is 55.2 Å². The Bertz CT molecular complexity index is 2220. The molecular weight excluding hydrogens is 653 g/mol. The van der Waals surface area contributed by atoms with Crippen LogP contribution in [0.25, 0.3) is 16.8 Å². The Morgan fingerprint density at radius 3 is 2.49 bits per heavy atom. The topological polar surface area (TPSA) is 73.1 Å². The Kier molecular flexibility index (Phi) is 9.55. The number of allylic oxidation sites excluding steroid dienone is 1. The highest BCUT2D eigenvalue weighted by Crippen LogP contribution is 2.40. The number of para-hydroxylation sites is 1. The summed E-state index contributed by atoms with van der Waals surface area (Å²) in [5.74, 6) is 1.01. The third-order valence-corrected chi connectivity index (χ3v) is 9.90. The van der Waals surface area contributed by atoms with E-state index in [4.69, 9.17) is 37.7 Å².